The van der Waals surface area contributed by atoms with Crippen molar-refractivity contribution in [1.82, 2.24) is 15.1 Å². The molecule has 2 amide bonds. The number of methoxy groups -OCH3 is 1. The molecule has 1 unspecified atom stereocenters. The van der Waals surface area contributed by atoms with Gasteiger partial charge in [0.25, 0.3) is 0 Å². The molecule has 0 aliphatic carbocycles. The minimum atomic E-state index is -0.715. The van der Waals surface area contributed by atoms with Crippen LogP contribution >= 0.6 is 0 Å². The van der Waals surface area contributed by atoms with Crippen LogP contribution in [0.25, 0.3) is 0 Å². The van der Waals surface area contributed by atoms with Gasteiger partial charge in [-0.25, -0.2) is 0 Å². The van der Waals surface area contributed by atoms with Crippen LogP contribution in [-0.4, -0.2) is 68.1 Å². The van der Waals surface area contributed by atoms with Crippen molar-refractivity contribution in [3.63, 3.8) is 0 Å². The van der Waals surface area contributed by atoms with E-state index in [0.717, 1.165) is 49.7 Å². The van der Waals surface area contributed by atoms with Crippen LogP contribution in [0.2, 0.25) is 0 Å². The number of nitrogens with zero attached hydrogens (tertiary/aromatic N) is 2. The van der Waals surface area contributed by atoms with Gasteiger partial charge in [0.2, 0.25) is 11.8 Å². The standard InChI is InChI=1S/C26H35N3O4/c1-20(2)26(31)29(19-21-9-11-23(32-3)12-10-21)24(22-7-5-4-6-8-22)25(30)27-13-14-28-15-17-33-18-16-28/h4-12,20,24H,13-19H2,1-3H3,(H,27,30). The molecule has 0 bridgehead atoms. The topological polar surface area (TPSA) is 71.1 Å². The summed E-state index contributed by atoms with van der Waals surface area (Å²) in [4.78, 5) is 30.7. The molecule has 1 N–H and O–H groups in total. The first-order valence-corrected chi connectivity index (χ1v) is 11.6. The van der Waals surface area contributed by atoms with E-state index in [4.69, 9.17) is 9.47 Å². The van der Waals surface area contributed by atoms with E-state index in [1.165, 1.54) is 0 Å². The number of hydrogen-bond donors (Lipinski definition) is 1. The lowest BCUT2D eigenvalue weighted by atomic mass is 10.0. The minimum absolute atomic E-state index is 0.0667. The van der Waals surface area contributed by atoms with Gasteiger partial charge in [0.15, 0.2) is 0 Å². The second-order valence-corrected chi connectivity index (χ2v) is 8.53. The molecule has 2 aromatic rings. The van der Waals surface area contributed by atoms with E-state index >= 15 is 0 Å². The second kappa shape index (κ2) is 12.4. The Bertz CT molecular complexity index is 880. The summed E-state index contributed by atoms with van der Waals surface area (Å²) >= 11 is 0. The lowest BCUT2D eigenvalue weighted by molar-refractivity contribution is -0.144. The summed E-state index contributed by atoms with van der Waals surface area (Å²) in [5.41, 5.74) is 1.73. The smallest absolute Gasteiger partial charge is 0.247 e. The predicted molar refractivity (Wildman–Crippen MR) is 128 cm³/mol. The molecule has 3 rings (SSSR count). The van der Waals surface area contributed by atoms with Crippen molar-refractivity contribution < 1.29 is 19.1 Å². The molecule has 7 nitrogen and oxygen atoms in total. The van der Waals surface area contributed by atoms with E-state index in [1.54, 1.807) is 12.0 Å². The van der Waals surface area contributed by atoms with Gasteiger partial charge < -0.3 is 19.7 Å². The van der Waals surface area contributed by atoms with E-state index in [-0.39, 0.29) is 17.7 Å². The number of morpholine rings is 1. The first kappa shape index (κ1) is 24.7. The molecule has 2 aromatic carbocycles. The van der Waals surface area contributed by atoms with Gasteiger partial charge >= 0.3 is 0 Å². The molecule has 0 saturated carbocycles. The Balaban J connectivity index is 1.81. The quantitative estimate of drug-likeness (QED) is 0.599. The summed E-state index contributed by atoms with van der Waals surface area (Å²) in [7, 11) is 1.62. The number of carbonyl (C=O) groups excluding carboxylic acids is 2. The van der Waals surface area contributed by atoms with Crippen LogP contribution in [0.5, 0.6) is 5.75 Å². The minimum Gasteiger partial charge on any atom is -0.497 e. The molecule has 1 saturated heterocycles. The Morgan fingerprint density at radius 2 is 1.73 bits per heavy atom. The summed E-state index contributed by atoms with van der Waals surface area (Å²) < 4.78 is 10.6. The van der Waals surface area contributed by atoms with Crippen LogP contribution in [0.1, 0.15) is 31.0 Å². The Kier molecular flexibility index (Phi) is 9.27. The molecule has 1 aliphatic heterocycles. The highest BCUT2D eigenvalue weighted by atomic mass is 16.5. The lowest BCUT2D eigenvalue weighted by Crippen LogP contribution is -2.47. The van der Waals surface area contributed by atoms with E-state index in [9.17, 15) is 9.59 Å². The van der Waals surface area contributed by atoms with Crippen LogP contribution < -0.4 is 10.1 Å². The molecule has 178 valence electrons. The van der Waals surface area contributed by atoms with Gasteiger partial charge in [-0.1, -0.05) is 56.3 Å². The van der Waals surface area contributed by atoms with E-state index < -0.39 is 6.04 Å². The molecule has 1 fully saturated rings. The molecular formula is C26H35N3O4. The first-order chi connectivity index (χ1) is 16.0. The third kappa shape index (κ3) is 7.04. The van der Waals surface area contributed by atoms with Crippen LogP contribution in [0.4, 0.5) is 0 Å². The van der Waals surface area contributed by atoms with Crippen molar-refractivity contribution >= 4 is 11.8 Å². The molecule has 1 heterocycles. The fraction of sp³-hybridized carbons (Fsp3) is 0.462. The maximum absolute atomic E-state index is 13.5. The zero-order valence-corrected chi connectivity index (χ0v) is 19.8. The van der Waals surface area contributed by atoms with Crippen molar-refractivity contribution in [3.8, 4) is 5.75 Å². The van der Waals surface area contributed by atoms with Crippen molar-refractivity contribution in [3.05, 3.63) is 65.7 Å². The van der Waals surface area contributed by atoms with E-state index in [2.05, 4.69) is 10.2 Å². The normalized spacial score (nSPS) is 15.2. The summed E-state index contributed by atoms with van der Waals surface area (Å²) in [5.74, 6) is 0.275. The first-order valence-electron chi connectivity index (χ1n) is 11.6. The molecule has 0 radical (unpaired) electrons. The summed E-state index contributed by atoms with van der Waals surface area (Å²) in [6.45, 7) is 8.52. The number of benzene rings is 2. The van der Waals surface area contributed by atoms with Crippen molar-refractivity contribution in [2.75, 3.05) is 46.5 Å². The van der Waals surface area contributed by atoms with Gasteiger partial charge in [-0.05, 0) is 23.3 Å². The molecule has 0 spiro atoms. The number of ether oxygens (including phenoxy) is 2. The number of nitrogens with one attached hydrogen (secondary N) is 1. The highest BCUT2D eigenvalue weighted by Crippen LogP contribution is 2.26. The molecule has 7 heteroatoms. The van der Waals surface area contributed by atoms with Crippen molar-refractivity contribution in [2.45, 2.75) is 26.4 Å². The second-order valence-electron chi connectivity index (χ2n) is 8.53. The lowest BCUT2D eigenvalue weighted by Gasteiger charge is -2.33. The zero-order chi connectivity index (χ0) is 23.6. The summed E-state index contributed by atoms with van der Waals surface area (Å²) in [5, 5.41) is 3.07. The van der Waals surface area contributed by atoms with Crippen LogP contribution in [0, 0.1) is 5.92 Å². The molecule has 1 aliphatic rings. The SMILES string of the molecule is COc1ccc(CN(C(=O)C(C)C)C(C(=O)NCCN2CCOCC2)c2ccccc2)cc1. The summed E-state index contributed by atoms with van der Waals surface area (Å²) in [6.07, 6.45) is 0. The third-order valence-corrected chi connectivity index (χ3v) is 5.80. The van der Waals surface area contributed by atoms with Gasteiger partial charge in [0, 0.05) is 38.6 Å². The van der Waals surface area contributed by atoms with E-state index in [0.29, 0.717) is 13.1 Å². The van der Waals surface area contributed by atoms with Gasteiger partial charge in [-0.2, -0.15) is 0 Å². The van der Waals surface area contributed by atoms with E-state index in [1.807, 2.05) is 68.4 Å². The maximum atomic E-state index is 13.5. The Hall–Kier alpha value is -2.90. The Morgan fingerprint density at radius 1 is 1.06 bits per heavy atom. The van der Waals surface area contributed by atoms with Crippen molar-refractivity contribution in [2.24, 2.45) is 5.92 Å². The largest absolute Gasteiger partial charge is 0.497 e. The van der Waals surface area contributed by atoms with Gasteiger partial charge in [0.05, 0.1) is 20.3 Å². The average molecular weight is 454 g/mol. The van der Waals surface area contributed by atoms with Crippen LogP contribution in [-0.2, 0) is 20.9 Å². The number of carbonyl (C=O) groups is 2. The van der Waals surface area contributed by atoms with Crippen LogP contribution in [0.3, 0.4) is 0 Å². The number of hydrogen-bond acceptors (Lipinski definition) is 5. The zero-order valence-electron chi connectivity index (χ0n) is 19.8. The third-order valence-electron chi connectivity index (χ3n) is 5.80. The van der Waals surface area contributed by atoms with Gasteiger partial charge in [-0.3, -0.25) is 14.5 Å². The molecule has 0 aromatic heterocycles. The fourth-order valence-electron chi connectivity index (χ4n) is 3.92. The fourth-order valence-corrected chi connectivity index (χ4v) is 3.92. The summed E-state index contributed by atoms with van der Waals surface area (Å²) in [6, 6.07) is 16.4. The molecule has 1 atom stereocenters. The van der Waals surface area contributed by atoms with Crippen LogP contribution in [0.15, 0.2) is 54.6 Å². The number of rotatable bonds is 10. The Labute approximate surface area is 196 Å². The molecule has 33 heavy (non-hydrogen) atoms. The monoisotopic (exact) mass is 453 g/mol. The van der Waals surface area contributed by atoms with Crippen molar-refractivity contribution in [1.29, 1.82) is 0 Å². The van der Waals surface area contributed by atoms with Gasteiger partial charge in [-0.15, -0.1) is 0 Å². The Morgan fingerprint density at radius 3 is 2.33 bits per heavy atom. The predicted octanol–water partition coefficient (Wildman–Crippen LogP) is 2.87. The number of amides is 2. The molecular weight excluding hydrogens is 418 g/mol. The highest BCUT2D eigenvalue weighted by molar-refractivity contribution is 5.89. The maximum Gasteiger partial charge on any atom is 0.247 e. The van der Waals surface area contributed by atoms with Gasteiger partial charge in [0.1, 0.15) is 11.8 Å². The average Bonchev–Trinajstić information content (AvgIpc) is 2.85. The highest BCUT2D eigenvalue weighted by Gasteiger charge is 2.32.